The van der Waals surface area contributed by atoms with Crippen LogP contribution in [0, 0.1) is 5.82 Å². The first-order chi connectivity index (χ1) is 9.70. The molecule has 1 aromatic heterocycles. The van der Waals surface area contributed by atoms with E-state index < -0.39 is 12.0 Å². The summed E-state index contributed by atoms with van der Waals surface area (Å²) in [5, 5.41) is 2.97. The zero-order valence-electron chi connectivity index (χ0n) is 11.0. The van der Waals surface area contributed by atoms with E-state index in [0.29, 0.717) is 11.3 Å². The van der Waals surface area contributed by atoms with E-state index in [1.807, 2.05) is 0 Å². The first-order valence-corrected chi connectivity index (χ1v) is 6.29. The zero-order chi connectivity index (χ0) is 14.4. The van der Waals surface area contributed by atoms with Gasteiger partial charge >= 0.3 is 5.97 Å². The first kappa shape index (κ1) is 14.0. The molecule has 0 aliphatic heterocycles. The summed E-state index contributed by atoms with van der Waals surface area (Å²) in [6, 6.07) is 8.70. The lowest BCUT2D eigenvalue weighted by Gasteiger charge is -2.18. The predicted molar refractivity (Wildman–Crippen MR) is 73.6 cm³/mol. The number of rotatable bonds is 5. The van der Waals surface area contributed by atoms with E-state index in [2.05, 4.69) is 10.3 Å². The molecule has 20 heavy (non-hydrogen) atoms. The van der Waals surface area contributed by atoms with Gasteiger partial charge in [0.05, 0.1) is 6.61 Å². The number of aromatic nitrogens is 1. The fourth-order valence-corrected chi connectivity index (χ4v) is 1.80. The normalized spacial score (nSPS) is 11.7. The molecule has 0 bridgehead atoms. The lowest BCUT2D eigenvalue weighted by atomic mass is 10.1. The second-order valence-electron chi connectivity index (χ2n) is 4.13. The summed E-state index contributed by atoms with van der Waals surface area (Å²) < 4.78 is 18.2. The first-order valence-electron chi connectivity index (χ1n) is 6.29. The van der Waals surface area contributed by atoms with Crippen LogP contribution in [0.3, 0.4) is 0 Å². The Labute approximate surface area is 116 Å². The van der Waals surface area contributed by atoms with Crippen LogP contribution in [0.5, 0.6) is 0 Å². The maximum Gasteiger partial charge on any atom is 0.333 e. The lowest BCUT2D eigenvalue weighted by molar-refractivity contribution is -0.144. The van der Waals surface area contributed by atoms with Crippen LogP contribution in [-0.4, -0.2) is 17.6 Å². The summed E-state index contributed by atoms with van der Waals surface area (Å²) in [7, 11) is 0. The highest BCUT2D eigenvalue weighted by atomic mass is 19.1. The van der Waals surface area contributed by atoms with Gasteiger partial charge < -0.3 is 10.1 Å². The van der Waals surface area contributed by atoms with Crippen molar-refractivity contribution in [3.8, 4) is 0 Å². The molecular weight excluding hydrogens is 259 g/mol. The number of hydrogen-bond donors (Lipinski definition) is 1. The van der Waals surface area contributed by atoms with Crippen LogP contribution >= 0.6 is 0 Å². The molecule has 1 aromatic carbocycles. The second-order valence-corrected chi connectivity index (χ2v) is 4.13. The Morgan fingerprint density at radius 2 is 2.25 bits per heavy atom. The van der Waals surface area contributed by atoms with Crippen molar-refractivity contribution in [2.45, 2.75) is 13.0 Å². The Morgan fingerprint density at radius 3 is 2.90 bits per heavy atom. The Hall–Kier alpha value is -2.43. The number of carbonyl (C=O) groups excluding carboxylic acids is 1. The van der Waals surface area contributed by atoms with Crippen LogP contribution < -0.4 is 5.32 Å². The smallest absolute Gasteiger partial charge is 0.333 e. The fraction of sp³-hybridized carbons (Fsp3) is 0.200. The number of esters is 1. The number of anilines is 1. The van der Waals surface area contributed by atoms with Crippen LogP contribution in [0.4, 0.5) is 10.1 Å². The molecule has 0 amide bonds. The number of halogens is 1. The van der Waals surface area contributed by atoms with Crippen molar-refractivity contribution in [2.24, 2.45) is 0 Å². The van der Waals surface area contributed by atoms with Gasteiger partial charge in [-0.25, -0.2) is 9.18 Å². The average Bonchev–Trinajstić information content (AvgIpc) is 2.46. The monoisotopic (exact) mass is 274 g/mol. The van der Waals surface area contributed by atoms with Crippen molar-refractivity contribution in [1.29, 1.82) is 0 Å². The third kappa shape index (κ3) is 3.54. The highest BCUT2D eigenvalue weighted by molar-refractivity contribution is 5.81. The predicted octanol–water partition coefficient (Wildman–Crippen LogP) is 2.94. The number of nitrogens with one attached hydrogen (secondary N) is 1. The molecule has 4 nitrogen and oxygen atoms in total. The van der Waals surface area contributed by atoms with E-state index >= 15 is 0 Å². The van der Waals surface area contributed by atoms with Crippen molar-refractivity contribution >= 4 is 11.7 Å². The molecule has 1 unspecified atom stereocenters. The number of benzene rings is 1. The van der Waals surface area contributed by atoms with Gasteiger partial charge in [-0.05, 0) is 31.2 Å². The molecule has 0 fully saturated rings. The molecule has 0 saturated heterocycles. The van der Waals surface area contributed by atoms with Gasteiger partial charge in [-0.3, -0.25) is 4.98 Å². The van der Waals surface area contributed by atoms with E-state index in [0.717, 1.165) is 0 Å². The molecule has 1 heterocycles. The minimum Gasteiger partial charge on any atom is -0.464 e. The summed E-state index contributed by atoms with van der Waals surface area (Å²) in [4.78, 5) is 16.0. The number of pyridine rings is 1. The minimum atomic E-state index is -0.717. The molecule has 0 saturated carbocycles. The average molecular weight is 274 g/mol. The summed E-state index contributed by atoms with van der Waals surface area (Å²) in [5.74, 6) is -0.798. The molecule has 0 spiro atoms. The van der Waals surface area contributed by atoms with E-state index in [4.69, 9.17) is 4.74 Å². The van der Waals surface area contributed by atoms with E-state index in [1.165, 1.54) is 12.1 Å². The SMILES string of the molecule is CCOC(=O)C(Nc1cccc(F)c1)c1cccnc1. The molecule has 0 aliphatic carbocycles. The largest absolute Gasteiger partial charge is 0.464 e. The van der Waals surface area contributed by atoms with Gasteiger partial charge in [0.15, 0.2) is 6.04 Å². The Morgan fingerprint density at radius 1 is 1.40 bits per heavy atom. The van der Waals surface area contributed by atoms with Crippen LogP contribution in [-0.2, 0) is 9.53 Å². The number of hydrogen-bond acceptors (Lipinski definition) is 4. The third-order valence-corrected chi connectivity index (χ3v) is 2.68. The molecule has 1 N–H and O–H groups in total. The van der Waals surface area contributed by atoms with E-state index in [9.17, 15) is 9.18 Å². The minimum absolute atomic E-state index is 0.278. The van der Waals surface area contributed by atoms with Crippen LogP contribution in [0.2, 0.25) is 0 Å². The molecule has 5 heteroatoms. The van der Waals surface area contributed by atoms with E-state index in [1.54, 1.807) is 43.6 Å². The van der Waals surface area contributed by atoms with Gasteiger partial charge in [0.25, 0.3) is 0 Å². The quantitative estimate of drug-likeness (QED) is 0.852. The van der Waals surface area contributed by atoms with Gasteiger partial charge in [0.2, 0.25) is 0 Å². The summed E-state index contributed by atoms with van der Waals surface area (Å²) in [6.07, 6.45) is 3.20. The second kappa shape index (κ2) is 6.65. The standard InChI is InChI=1S/C15H15FN2O2/c1-2-20-15(19)14(11-5-4-8-17-10-11)18-13-7-3-6-12(16)9-13/h3-10,14,18H,2H2,1H3. The molecule has 2 rings (SSSR count). The lowest BCUT2D eigenvalue weighted by Crippen LogP contribution is -2.23. The van der Waals surface area contributed by atoms with Gasteiger partial charge in [0.1, 0.15) is 5.82 Å². The maximum atomic E-state index is 13.2. The Kier molecular flexibility index (Phi) is 4.65. The van der Waals surface area contributed by atoms with Gasteiger partial charge in [0, 0.05) is 23.6 Å². The van der Waals surface area contributed by atoms with Crippen LogP contribution in [0.25, 0.3) is 0 Å². The zero-order valence-corrected chi connectivity index (χ0v) is 11.0. The van der Waals surface area contributed by atoms with Gasteiger partial charge in [-0.1, -0.05) is 12.1 Å². The van der Waals surface area contributed by atoms with Crippen LogP contribution in [0.1, 0.15) is 18.5 Å². The van der Waals surface area contributed by atoms with Crippen molar-refractivity contribution in [2.75, 3.05) is 11.9 Å². The maximum absolute atomic E-state index is 13.2. The molecular formula is C15H15FN2O2. The highest BCUT2D eigenvalue weighted by Gasteiger charge is 2.22. The summed E-state index contributed by atoms with van der Waals surface area (Å²) >= 11 is 0. The summed E-state index contributed by atoms with van der Waals surface area (Å²) in [5.41, 5.74) is 1.17. The third-order valence-electron chi connectivity index (χ3n) is 2.68. The van der Waals surface area contributed by atoms with Gasteiger partial charge in [-0.15, -0.1) is 0 Å². The van der Waals surface area contributed by atoms with Gasteiger partial charge in [-0.2, -0.15) is 0 Å². The van der Waals surface area contributed by atoms with Crippen molar-refractivity contribution in [3.05, 3.63) is 60.2 Å². The molecule has 104 valence electrons. The summed E-state index contributed by atoms with van der Waals surface area (Å²) in [6.45, 7) is 2.01. The topological polar surface area (TPSA) is 51.2 Å². The molecule has 1 atom stereocenters. The van der Waals surface area contributed by atoms with Crippen molar-refractivity contribution < 1.29 is 13.9 Å². The molecule has 0 radical (unpaired) electrons. The molecule has 2 aromatic rings. The van der Waals surface area contributed by atoms with Crippen LogP contribution in [0.15, 0.2) is 48.8 Å². The fourth-order valence-electron chi connectivity index (χ4n) is 1.80. The van der Waals surface area contributed by atoms with Crippen molar-refractivity contribution in [3.63, 3.8) is 0 Å². The number of ether oxygens (including phenoxy) is 1. The highest BCUT2D eigenvalue weighted by Crippen LogP contribution is 2.21. The van der Waals surface area contributed by atoms with Crippen molar-refractivity contribution in [1.82, 2.24) is 4.98 Å². The van der Waals surface area contributed by atoms with E-state index in [-0.39, 0.29) is 12.4 Å². The molecule has 0 aliphatic rings. The Bertz CT molecular complexity index is 575. The Balaban J connectivity index is 2.25. The number of nitrogens with zero attached hydrogens (tertiary/aromatic N) is 1. The number of carbonyl (C=O) groups is 1.